The largest absolute Gasteiger partial charge is 0.322 e. The van der Waals surface area contributed by atoms with E-state index in [0.717, 1.165) is 37.8 Å². The molecule has 1 unspecified atom stereocenters. The van der Waals surface area contributed by atoms with Crippen molar-refractivity contribution >= 4 is 5.78 Å². The maximum atomic E-state index is 14.3. The molecular formula is C18H18F2N2O. The van der Waals surface area contributed by atoms with Gasteiger partial charge in [-0.3, -0.25) is 4.79 Å². The molecule has 0 saturated heterocycles. The predicted molar refractivity (Wildman–Crippen MR) is 81.9 cm³/mol. The molecule has 0 radical (unpaired) electrons. The lowest BCUT2D eigenvalue weighted by atomic mass is 9.83. The lowest BCUT2D eigenvalue weighted by Gasteiger charge is -2.23. The number of nitrogens with zero attached hydrogens (tertiary/aromatic N) is 2. The summed E-state index contributed by atoms with van der Waals surface area (Å²) in [7, 11) is 0. The molecule has 0 N–H and O–H groups in total. The van der Waals surface area contributed by atoms with Crippen LogP contribution in [0, 0.1) is 17.6 Å². The maximum absolute atomic E-state index is 14.3. The summed E-state index contributed by atoms with van der Waals surface area (Å²) in [4.78, 5) is 16.7. The van der Waals surface area contributed by atoms with Crippen LogP contribution in [0.2, 0.25) is 0 Å². The Morgan fingerprint density at radius 3 is 2.70 bits per heavy atom. The standard InChI is InChI=1S/C18H18F2N2O/c19-12-6-7-13(20)18-15-9-21-10-22(15)14(17(12)18)8-16(23)11-4-2-1-3-5-11/h6-7,9-11,14H,1-5,8H2. The van der Waals surface area contributed by atoms with E-state index in [4.69, 9.17) is 0 Å². The number of aromatic nitrogens is 2. The summed E-state index contributed by atoms with van der Waals surface area (Å²) in [6.07, 6.45) is 8.48. The quantitative estimate of drug-likeness (QED) is 0.847. The molecular weight excluding hydrogens is 298 g/mol. The Balaban J connectivity index is 1.70. The second-order valence-corrected chi connectivity index (χ2v) is 6.53. The van der Waals surface area contributed by atoms with Gasteiger partial charge in [-0.15, -0.1) is 0 Å². The van der Waals surface area contributed by atoms with Crippen molar-refractivity contribution in [1.29, 1.82) is 0 Å². The van der Waals surface area contributed by atoms with Crippen molar-refractivity contribution in [2.24, 2.45) is 5.92 Å². The van der Waals surface area contributed by atoms with Gasteiger partial charge in [0.15, 0.2) is 0 Å². The number of carbonyl (C=O) groups excluding carboxylic acids is 1. The van der Waals surface area contributed by atoms with Crippen LogP contribution < -0.4 is 0 Å². The summed E-state index contributed by atoms with van der Waals surface area (Å²) in [5, 5.41) is 0. The lowest BCUT2D eigenvalue weighted by molar-refractivity contribution is -0.124. The van der Waals surface area contributed by atoms with E-state index in [2.05, 4.69) is 4.98 Å². The Hall–Kier alpha value is -2.04. The molecule has 3 nitrogen and oxygen atoms in total. The maximum Gasteiger partial charge on any atom is 0.138 e. The fourth-order valence-electron chi connectivity index (χ4n) is 4.02. The highest BCUT2D eigenvalue weighted by molar-refractivity contribution is 5.83. The minimum absolute atomic E-state index is 0.0661. The number of ketones is 1. The van der Waals surface area contributed by atoms with E-state index in [1.165, 1.54) is 12.6 Å². The minimum Gasteiger partial charge on any atom is -0.322 e. The molecule has 1 aromatic carbocycles. The molecule has 1 atom stereocenters. The van der Waals surface area contributed by atoms with Crippen molar-refractivity contribution in [2.45, 2.75) is 44.6 Å². The highest BCUT2D eigenvalue weighted by atomic mass is 19.1. The van der Waals surface area contributed by atoms with Gasteiger partial charge in [-0.25, -0.2) is 13.8 Å². The molecule has 1 aromatic heterocycles. The van der Waals surface area contributed by atoms with Gasteiger partial charge in [0.1, 0.15) is 17.4 Å². The fraction of sp³-hybridized carbons (Fsp3) is 0.444. The number of halogens is 2. The van der Waals surface area contributed by atoms with Crippen LogP contribution in [-0.2, 0) is 4.79 Å². The Morgan fingerprint density at radius 1 is 1.17 bits per heavy atom. The zero-order valence-electron chi connectivity index (χ0n) is 12.8. The zero-order chi connectivity index (χ0) is 16.0. The van der Waals surface area contributed by atoms with E-state index < -0.39 is 17.7 Å². The van der Waals surface area contributed by atoms with Crippen LogP contribution in [0.3, 0.4) is 0 Å². The molecule has 2 heterocycles. The highest BCUT2D eigenvalue weighted by Gasteiger charge is 2.36. The number of hydrogen-bond donors (Lipinski definition) is 0. The summed E-state index contributed by atoms with van der Waals surface area (Å²) in [6.45, 7) is 0. The average molecular weight is 316 g/mol. The van der Waals surface area contributed by atoms with Crippen molar-refractivity contribution in [1.82, 2.24) is 9.55 Å². The zero-order valence-corrected chi connectivity index (χ0v) is 12.8. The van der Waals surface area contributed by atoms with Crippen molar-refractivity contribution in [3.63, 3.8) is 0 Å². The SMILES string of the molecule is O=C(CC1c2c(F)ccc(F)c2-c2cncn21)C1CCCCC1. The molecule has 1 saturated carbocycles. The average Bonchev–Trinajstić information content (AvgIpc) is 3.14. The third-order valence-electron chi connectivity index (χ3n) is 5.19. The van der Waals surface area contributed by atoms with Crippen LogP contribution in [0.5, 0.6) is 0 Å². The van der Waals surface area contributed by atoms with Crippen molar-refractivity contribution in [3.05, 3.63) is 41.9 Å². The number of Topliss-reactive ketones (excluding diaryl/α,β-unsaturated/α-hetero) is 1. The summed E-state index contributed by atoms with van der Waals surface area (Å²) in [5.41, 5.74) is 1.11. The van der Waals surface area contributed by atoms with Crippen LogP contribution in [-0.4, -0.2) is 15.3 Å². The number of carbonyl (C=O) groups is 1. The van der Waals surface area contributed by atoms with E-state index in [0.29, 0.717) is 11.3 Å². The monoisotopic (exact) mass is 316 g/mol. The summed E-state index contributed by atoms with van der Waals surface area (Å²) in [5.74, 6) is -0.690. The number of benzene rings is 1. The van der Waals surface area contributed by atoms with Crippen LogP contribution >= 0.6 is 0 Å². The number of rotatable bonds is 3. The summed E-state index contributed by atoms with van der Waals surface area (Å²) in [6, 6.07) is 1.80. The van der Waals surface area contributed by atoms with Gasteiger partial charge in [-0.05, 0) is 25.0 Å². The number of fused-ring (bicyclic) bond motifs is 3. The smallest absolute Gasteiger partial charge is 0.138 e. The van der Waals surface area contributed by atoms with Crippen LogP contribution in [0.4, 0.5) is 8.78 Å². The van der Waals surface area contributed by atoms with E-state index in [-0.39, 0.29) is 23.7 Å². The molecule has 4 rings (SSSR count). The minimum atomic E-state index is -0.479. The van der Waals surface area contributed by atoms with Gasteiger partial charge in [-0.2, -0.15) is 0 Å². The van der Waals surface area contributed by atoms with E-state index in [1.54, 1.807) is 10.9 Å². The first kappa shape index (κ1) is 14.5. The number of imidazole rings is 1. The third-order valence-corrected chi connectivity index (χ3v) is 5.19. The molecule has 120 valence electrons. The van der Waals surface area contributed by atoms with Gasteiger partial charge in [0, 0.05) is 23.5 Å². The van der Waals surface area contributed by atoms with E-state index in [9.17, 15) is 13.6 Å². The van der Waals surface area contributed by atoms with Crippen LogP contribution in [0.25, 0.3) is 11.3 Å². The predicted octanol–water partition coefficient (Wildman–Crippen LogP) is 4.27. The van der Waals surface area contributed by atoms with Gasteiger partial charge < -0.3 is 4.57 Å². The Morgan fingerprint density at radius 2 is 1.91 bits per heavy atom. The summed E-state index contributed by atoms with van der Waals surface area (Å²) >= 11 is 0. The molecule has 2 aliphatic rings. The van der Waals surface area contributed by atoms with Crippen molar-refractivity contribution in [3.8, 4) is 11.3 Å². The molecule has 1 aliphatic heterocycles. The topological polar surface area (TPSA) is 34.9 Å². The molecule has 1 fully saturated rings. The normalized spacial score (nSPS) is 20.3. The first-order valence-electron chi connectivity index (χ1n) is 8.19. The van der Waals surface area contributed by atoms with Crippen molar-refractivity contribution in [2.75, 3.05) is 0 Å². The Kier molecular flexibility index (Phi) is 3.51. The molecule has 0 amide bonds. The first-order valence-corrected chi connectivity index (χ1v) is 8.19. The Bertz CT molecular complexity index is 762. The Labute approximate surface area is 133 Å². The molecule has 0 spiro atoms. The molecule has 1 aliphatic carbocycles. The van der Waals surface area contributed by atoms with Gasteiger partial charge in [0.05, 0.1) is 24.3 Å². The molecule has 5 heteroatoms. The summed E-state index contributed by atoms with van der Waals surface area (Å²) < 4.78 is 30.3. The second kappa shape index (κ2) is 5.55. The molecule has 2 aromatic rings. The van der Waals surface area contributed by atoms with Crippen LogP contribution in [0.15, 0.2) is 24.7 Å². The highest BCUT2D eigenvalue weighted by Crippen LogP contribution is 2.44. The molecule has 0 bridgehead atoms. The first-order chi connectivity index (χ1) is 11.2. The van der Waals surface area contributed by atoms with Gasteiger partial charge >= 0.3 is 0 Å². The van der Waals surface area contributed by atoms with Crippen LogP contribution in [0.1, 0.15) is 50.1 Å². The van der Waals surface area contributed by atoms with Crippen molar-refractivity contribution < 1.29 is 13.6 Å². The van der Waals surface area contributed by atoms with Gasteiger partial charge in [-0.1, -0.05) is 19.3 Å². The third kappa shape index (κ3) is 2.30. The fourth-order valence-corrected chi connectivity index (χ4v) is 4.02. The van der Waals surface area contributed by atoms with Gasteiger partial charge in [0.25, 0.3) is 0 Å². The lowest BCUT2D eigenvalue weighted by Crippen LogP contribution is -2.21. The van der Waals surface area contributed by atoms with Gasteiger partial charge in [0.2, 0.25) is 0 Å². The molecule has 23 heavy (non-hydrogen) atoms. The van der Waals surface area contributed by atoms with E-state index >= 15 is 0 Å². The second-order valence-electron chi connectivity index (χ2n) is 6.53. The van der Waals surface area contributed by atoms with E-state index in [1.807, 2.05) is 0 Å². The number of hydrogen-bond acceptors (Lipinski definition) is 2.